The maximum atomic E-state index is 11.9. The van der Waals surface area contributed by atoms with Crippen LogP contribution in [0.25, 0.3) is 0 Å². The van der Waals surface area contributed by atoms with E-state index in [4.69, 9.17) is 19.5 Å². The molecule has 30 heavy (non-hydrogen) atoms. The van der Waals surface area contributed by atoms with Crippen LogP contribution in [0.5, 0.6) is 0 Å². The van der Waals surface area contributed by atoms with Gasteiger partial charge in [0.05, 0.1) is 18.8 Å². The van der Waals surface area contributed by atoms with Crippen LogP contribution in [-0.2, 0) is 19.0 Å². The highest BCUT2D eigenvalue weighted by Gasteiger charge is 2.48. The second-order valence-corrected chi connectivity index (χ2v) is 7.46. The standard InChI is InChI=1S/C19H27NO10/c1-8(2)5-13(22)28-11-6-10(9(3-4-20)14(23)15(11)24)29-19-18(27)17(26)16(25)12(7-21)30-19/h3,5,10-12,14-19,21,23-27H,6-7H2,1-2H3/b9-3+/t10-,11+,12-,14+,15+,16-,17+,18-,19-/m1/s1. The molecule has 168 valence electrons. The van der Waals surface area contributed by atoms with E-state index < -0.39 is 67.7 Å². The Morgan fingerprint density at radius 3 is 2.40 bits per heavy atom. The molecule has 0 aromatic heterocycles. The first-order chi connectivity index (χ1) is 14.1. The van der Waals surface area contributed by atoms with E-state index in [2.05, 4.69) is 0 Å². The molecule has 2 aliphatic rings. The second-order valence-electron chi connectivity index (χ2n) is 7.46. The third-order valence-corrected chi connectivity index (χ3v) is 4.92. The highest BCUT2D eigenvalue weighted by atomic mass is 16.7. The van der Waals surface area contributed by atoms with E-state index in [0.29, 0.717) is 5.57 Å². The Morgan fingerprint density at radius 1 is 1.17 bits per heavy atom. The van der Waals surface area contributed by atoms with Crippen LogP contribution in [0.2, 0.25) is 0 Å². The van der Waals surface area contributed by atoms with Gasteiger partial charge in [-0.2, -0.15) is 5.26 Å². The summed E-state index contributed by atoms with van der Waals surface area (Å²) in [6, 6.07) is 1.72. The zero-order valence-electron chi connectivity index (χ0n) is 16.5. The van der Waals surface area contributed by atoms with Gasteiger partial charge < -0.3 is 44.8 Å². The molecule has 0 unspecified atom stereocenters. The van der Waals surface area contributed by atoms with Crippen LogP contribution in [0, 0.1) is 11.3 Å². The van der Waals surface area contributed by atoms with Crippen molar-refractivity contribution in [2.24, 2.45) is 0 Å². The van der Waals surface area contributed by atoms with E-state index in [1.54, 1.807) is 19.9 Å². The van der Waals surface area contributed by atoms with Crippen molar-refractivity contribution in [2.45, 2.75) is 75.4 Å². The van der Waals surface area contributed by atoms with Crippen LogP contribution in [0.3, 0.4) is 0 Å². The molecule has 11 nitrogen and oxygen atoms in total. The Balaban J connectivity index is 2.24. The molecule has 1 saturated carbocycles. The number of nitrogens with zero attached hydrogens (tertiary/aromatic N) is 1. The van der Waals surface area contributed by atoms with Gasteiger partial charge in [-0.1, -0.05) is 5.57 Å². The zero-order valence-corrected chi connectivity index (χ0v) is 16.5. The van der Waals surface area contributed by atoms with E-state index in [1.807, 2.05) is 0 Å². The van der Waals surface area contributed by atoms with Gasteiger partial charge >= 0.3 is 5.97 Å². The SMILES string of the molecule is CC(C)=CC(=O)O[C@H]1C[C@@H](O[C@@H]2O[C@H](CO)[C@@H](O)[C@H](O)[C@H]2O)/C(=C\C#N)[C@H](O)[C@H]1O. The smallest absolute Gasteiger partial charge is 0.331 e. The Morgan fingerprint density at radius 2 is 1.83 bits per heavy atom. The lowest BCUT2D eigenvalue weighted by Crippen LogP contribution is -2.60. The Hall–Kier alpha value is -1.88. The summed E-state index contributed by atoms with van der Waals surface area (Å²) < 4.78 is 16.1. The fourth-order valence-corrected chi connectivity index (χ4v) is 3.34. The number of allylic oxidation sites excluding steroid dienone is 2. The molecule has 2 fully saturated rings. The molecular weight excluding hydrogens is 402 g/mol. The molecule has 0 radical (unpaired) electrons. The van der Waals surface area contributed by atoms with Crippen molar-refractivity contribution in [3.8, 4) is 6.07 Å². The Labute approximate surface area is 173 Å². The number of hydrogen-bond acceptors (Lipinski definition) is 11. The molecule has 2 rings (SSSR count). The van der Waals surface area contributed by atoms with E-state index in [0.717, 1.165) is 6.08 Å². The number of carbonyl (C=O) groups excluding carboxylic acids is 1. The van der Waals surface area contributed by atoms with E-state index >= 15 is 0 Å². The van der Waals surface area contributed by atoms with E-state index in [9.17, 15) is 35.4 Å². The summed E-state index contributed by atoms with van der Waals surface area (Å²) in [7, 11) is 0. The van der Waals surface area contributed by atoms with Crippen LogP contribution >= 0.6 is 0 Å². The van der Waals surface area contributed by atoms with Crippen LogP contribution in [0.15, 0.2) is 23.3 Å². The maximum absolute atomic E-state index is 11.9. The first-order valence-electron chi connectivity index (χ1n) is 9.37. The molecule has 1 aliphatic carbocycles. The molecule has 11 heteroatoms. The lowest BCUT2D eigenvalue weighted by Gasteiger charge is -2.43. The summed E-state index contributed by atoms with van der Waals surface area (Å²) in [4.78, 5) is 11.9. The second kappa shape index (κ2) is 10.4. The minimum atomic E-state index is -1.71. The van der Waals surface area contributed by atoms with Crippen molar-refractivity contribution in [1.29, 1.82) is 5.26 Å². The monoisotopic (exact) mass is 429 g/mol. The summed E-state index contributed by atoms with van der Waals surface area (Å²) in [5.41, 5.74) is 0.613. The molecule has 1 saturated heterocycles. The molecule has 1 aliphatic heterocycles. The number of rotatable bonds is 5. The van der Waals surface area contributed by atoms with Crippen molar-refractivity contribution in [3.05, 3.63) is 23.3 Å². The molecule has 1 heterocycles. The first-order valence-corrected chi connectivity index (χ1v) is 9.37. The summed E-state index contributed by atoms with van der Waals surface area (Å²) in [6.45, 7) is 2.68. The summed E-state index contributed by atoms with van der Waals surface area (Å²) in [5.74, 6) is -0.745. The van der Waals surface area contributed by atoms with Gasteiger partial charge in [-0.25, -0.2) is 4.79 Å². The normalized spacial score (nSPS) is 40.5. The van der Waals surface area contributed by atoms with Gasteiger partial charge in [0, 0.05) is 24.1 Å². The predicted molar refractivity (Wildman–Crippen MR) is 98.3 cm³/mol. The van der Waals surface area contributed by atoms with Crippen molar-refractivity contribution >= 4 is 5.97 Å². The van der Waals surface area contributed by atoms with Crippen molar-refractivity contribution in [2.75, 3.05) is 6.61 Å². The average Bonchev–Trinajstić information content (AvgIpc) is 2.68. The lowest BCUT2D eigenvalue weighted by atomic mass is 9.84. The number of hydrogen-bond donors (Lipinski definition) is 6. The van der Waals surface area contributed by atoms with E-state index in [1.165, 1.54) is 6.08 Å². The number of ether oxygens (including phenoxy) is 3. The largest absolute Gasteiger partial charge is 0.456 e. The molecule has 0 aromatic carbocycles. The fourth-order valence-electron chi connectivity index (χ4n) is 3.34. The number of aliphatic hydroxyl groups is 6. The number of aliphatic hydroxyl groups excluding tert-OH is 6. The highest BCUT2D eigenvalue weighted by molar-refractivity contribution is 5.82. The van der Waals surface area contributed by atoms with Gasteiger partial charge in [-0.05, 0) is 13.8 Å². The van der Waals surface area contributed by atoms with Crippen molar-refractivity contribution < 1.29 is 49.6 Å². The summed E-state index contributed by atoms with van der Waals surface area (Å²) in [6.07, 6.45) is -11.3. The highest BCUT2D eigenvalue weighted by Crippen LogP contribution is 2.33. The van der Waals surface area contributed by atoms with E-state index in [-0.39, 0.29) is 12.0 Å². The fraction of sp³-hybridized carbons (Fsp3) is 0.684. The third kappa shape index (κ3) is 5.42. The van der Waals surface area contributed by atoms with Crippen molar-refractivity contribution in [1.82, 2.24) is 0 Å². The molecule has 6 N–H and O–H groups in total. The molecule has 0 bridgehead atoms. The van der Waals surface area contributed by atoms with Crippen LogP contribution in [0.4, 0.5) is 0 Å². The Kier molecular flexibility index (Phi) is 8.48. The van der Waals surface area contributed by atoms with Crippen LogP contribution in [-0.4, -0.2) is 98.3 Å². The van der Waals surface area contributed by atoms with Gasteiger partial charge in [0.25, 0.3) is 0 Å². The van der Waals surface area contributed by atoms with Crippen LogP contribution in [0.1, 0.15) is 20.3 Å². The van der Waals surface area contributed by atoms with Crippen LogP contribution < -0.4 is 0 Å². The maximum Gasteiger partial charge on any atom is 0.331 e. The molecule has 0 spiro atoms. The number of carbonyl (C=O) groups is 1. The molecule has 0 amide bonds. The molecular formula is C19H27NO10. The van der Waals surface area contributed by atoms with Gasteiger partial charge in [0.2, 0.25) is 0 Å². The topological polar surface area (TPSA) is 190 Å². The first kappa shape index (κ1) is 24.4. The minimum Gasteiger partial charge on any atom is -0.456 e. The lowest BCUT2D eigenvalue weighted by molar-refractivity contribution is -0.312. The third-order valence-electron chi connectivity index (χ3n) is 4.92. The van der Waals surface area contributed by atoms with Gasteiger partial charge in [0.15, 0.2) is 6.29 Å². The van der Waals surface area contributed by atoms with Gasteiger partial charge in [0.1, 0.15) is 42.7 Å². The summed E-state index contributed by atoms with van der Waals surface area (Å²) in [5, 5.41) is 69.0. The zero-order chi connectivity index (χ0) is 22.6. The average molecular weight is 429 g/mol. The Bertz CT molecular complexity index is 711. The number of esters is 1. The molecule has 0 aromatic rings. The van der Waals surface area contributed by atoms with Crippen molar-refractivity contribution in [3.63, 3.8) is 0 Å². The molecule has 9 atom stereocenters. The minimum absolute atomic E-state index is 0.0449. The van der Waals surface area contributed by atoms with Gasteiger partial charge in [-0.15, -0.1) is 0 Å². The van der Waals surface area contributed by atoms with Gasteiger partial charge in [-0.3, -0.25) is 0 Å². The number of nitriles is 1. The summed E-state index contributed by atoms with van der Waals surface area (Å²) >= 11 is 0. The predicted octanol–water partition coefficient (Wildman–Crippen LogP) is -2.38. The quantitative estimate of drug-likeness (QED) is 0.155.